The molecule has 0 amide bonds. The van der Waals surface area contributed by atoms with Crippen LogP contribution in [0.3, 0.4) is 0 Å². The summed E-state index contributed by atoms with van der Waals surface area (Å²) in [6, 6.07) is 7.59. The first-order chi connectivity index (χ1) is 14.7. The summed E-state index contributed by atoms with van der Waals surface area (Å²) in [5.74, 6) is -0.159. The van der Waals surface area contributed by atoms with Crippen molar-refractivity contribution in [3.8, 4) is 0 Å². The van der Waals surface area contributed by atoms with Gasteiger partial charge in [0.25, 0.3) is 0 Å². The third kappa shape index (κ3) is 4.63. The first kappa shape index (κ1) is 20.2. The number of likely N-dealkylation sites (tertiary alicyclic amines) is 1. The van der Waals surface area contributed by atoms with Gasteiger partial charge in [0.05, 0.1) is 0 Å². The van der Waals surface area contributed by atoms with E-state index in [1.165, 1.54) is 55.3 Å². The van der Waals surface area contributed by atoms with Crippen LogP contribution in [-0.2, 0) is 6.54 Å². The van der Waals surface area contributed by atoms with Crippen molar-refractivity contribution in [3.05, 3.63) is 41.2 Å². The Balaban J connectivity index is 1.13. The topological polar surface area (TPSA) is 25.9 Å². The maximum Gasteiger partial charge on any atom is 0.185 e. The van der Waals surface area contributed by atoms with Crippen LogP contribution >= 0.6 is 11.3 Å². The molecule has 0 N–H and O–H groups in total. The number of hydrogen-bond acceptors (Lipinski definition) is 6. The van der Waals surface area contributed by atoms with Crippen molar-refractivity contribution in [1.29, 1.82) is 0 Å². The molecule has 3 fully saturated rings. The number of aromatic nitrogens is 1. The Morgan fingerprint density at radius 3 is 2.43 bits per heavy atom. The molecule has 5 nitrogen and oxygen atoms in total. The van der Waals surface area contributed by atoms with Crippen LogP contribution in [0.5, 0.6) is 0 Å². The maximum absolute atomic E-state index is 13.2. The van der Waals surface area contributed by atoms with E-state index in [2.05, 4.69) is 25.8 Å². The second-order valence-electron chi connectivity index (χ2n) is 8.83. The quantitative estimate of drug-likeness (QED) is 0.723. The molecule has 2 aromatic rings. The van der Waals surface area contributed by atoms with Crippen molar-refractivity contribution >= 4 is 22.2 Å². The van der Waals surface area contributed by atoms with Crippen molar-refractivity contribution in [1.82, 2.24) is 14.8 Å². The smallest absolute Gasteiger partial charge is 0.185 e. The standard InChI is InChI=1S/C23H32FN5S/c24-19-5-7-20(8-6-19)27-12-14-28(15-13-27)21-4-3-9-26(17-21)18-22-16-25-23(30-22)29-10-1-2-11-29/h5-8,16,21H,1-4,9-15,17-18H2/t21-/m0/s1. The third-order valence-corrected chi connectivity index (χ3v) is 7.84. The zero-order valence-corrected chi connectivity index (χ0v) is 18.5. The van der Waals surface area contributed by atoms with Gasteiger partial charge in [-0.2, -0.15) is 0 Å². The Kier molecular flexibility index (Phi) is 6.20. The molecule has 3 saturated heterocycles. The van der Waals surface area contributed by atoms with E-state index in [-0.39, 0.29) is 5.82 Å². The van der Waals surface area contributed by atoms with Crippen LogP contribution in [0.25, 0.3) is 0 Å². The van der Waals surface area contributed by atoms with Crippen molar-refractivity contribution in [2.24, 2.45) is 0 Å². The van der Waals surface area contributed by atoms with Crippen LogP contribution in [0.1, 0.15) is 30.6 Å². The van der Waals surface area contributed by atoms with E-state index in [0.29, 0.717) is 6.04 Å². The summed E-state index contributed by atoms with van der Waals surface area (Å²) in [4.78, 5) is 16.2. The molecule has 0 bridgehead atoms. The lowest BCUT2D eigenvalue weighted by atomic mass is 10.0. The molecule has 5 rings (SSSR count). The first-order valence-corrected chi connectivity index (χ1v) is 12.2. The average Bonchev–Trinajstić information content (AvgIpc) is 3.47. The fraction of sp³-hybridized carbons (Fsp3) is 0.609. The average molecular weight is 430 g/mol. The predicted octanol–water partition coefficient (Wildman–Crippen LogP) is 3.67. The predicted molar refractivity (Wildman–Crippen MR) is 122 cm³/mol. The molecule has 0 spiro atoms. The second-order valence-corrected chi connectivity index (χ2v) is 9.93. The molecule has 1 atom stereocenters. The lowest BCUT2D eigenvalue weighted by Crippen LogP contribution is -2.55. The molecule has 0 unspecified atom stereocenters. The second kappa shape index (κ2) is 9.20. The summed E-state index contributed by atoms with van der Waals surface area (Å²) in [5, 5.41) is 1.22. The number of rotatable bonds is 5. The fourth-order valence-corrected chi connectivity index (χ4v) is 6.12. The minimum atomic E-state index is -0.159. The minimum Gasteiger partial charge on any atom is -0.369 e. The zero-order valence-electron chi connectivity index (χ0n) is 17.7. The van der Waals surface area contributed by atoms with Gasteiger partial charge in [0.2, 0.25) is 0 Å². The van der Waals surface area contributed by atoms with Crippen LogP contribution < -0.4 is 9.80 Å². The highest BCUT2D eigenvalue weighted by Crippen LogP contribution is 2.28. The number of nitrogens with zero attached hydrogens (tertiary/aromatic N) is 5. The van der Waals surface area contributed by atoms with Gasteiger partial charge in [0.15, 0.2) is 5.13 Å². The molecule has 7 heteroatoms. The summed E-state index contributed by atoms with van der Waals surface area (Å²) < 4.78 is 13.2. The first-order valence-electron chi connectivity index (χ1n) is 11.4. The van der Waals surface area contributed by atoms with Crippen LogP contribution in [0.4, 0.5) is 15.2 Å². The monoisotopic (exact) mass is 429 g/mol. The van der Waals surface area contributed by atoms with Gasteiger partial charge in [-0.25, -0.2) is 9.37 Å². The van der Waals surface area contributed by atoms with Crippen LogP contribution in [0.15, 0.2) is 30.5 Å². The number of hydrogen-bond donors (Lipinski definition) is 0. The van der Waals surface area contributed by atoms with E-state index in [1.54, 1.807) is 12.1 Å². The van der Waals surface area contributed by atoms with Crippen molar-refractivity contribution in [2.45, 2.75) is 38.3 Å². The number of piperazine rings is 1. The molecule has 1 aromatic carbocycles. The lowest BCUT2D eigenvalue weighted by molar-refractivity contribution is 0.0893. The van der Waals surface area contributed by atoms with E-state index in [9.17, 15) is 4.39 Å². The van der Waals surface area contributed by atoms with E-state index >= 15 is 0 Å². The van der Waals surface area contributed by atoms with Gasteiger partial charge in [-0.3, -0.25) is 9.80 Å². The highest BCUT2D eigenvalue weighted by molar-refractivity contribution is 7.15. The van der Waals surface area contributed by atoms with Crippen molar-refractivity contribution in [3.63, 3.8) is 0 Å². The molecule has 1 aromatic heterocycles. The lowest BCUT2D eigenvalue weighted by Gasteiger charge is -2.44. The summed E-state index contributed by atoms with van der Waals surface area (Å²) in [5.41, 5.74) is 1.14. The Morgan fingerprint density at radius 2 is 1.67 bits per heavy atom. The fourth-order valence-electron chi connectivity index (χ4n) is 5.12. The molecule has 0 saturated carbocycles. The van der Waals surface area contributed by atoms with Crippen molar-refractivity contribution < 1.29 is 4.39 Å². The van der Waals surface area contributed by atoms with E-state index in [1.807, 2.05) is 23.5 Å². The van der Waals surface area contributed by atoms with Crippen molar-refractivity contribution in [2.75, 3.05) is 62.2 Å². The van der Waals surface area contributed by atoms with E-state index < -0.39 is 0 Å². The maximum atomic E-state index is 13.2. The van der Waals surface area contributed by atoms with Gasteiger partial charge in [-0.1, -0.05) is 0 Å². The van der Waals surface area contributed by atoms with Gasteiger partial charge in [0.1, 0.15) is 5.82 Å². The molecule has 30 heavy (non-hydrogen) atoms. The largest absolute Gasteiger partial charge is 0.369 e. The van der Waals surface area contributed by atoms with Gasteiger partial charge in [-0.15, -0.1) is 11.3 Å². The normalized spacial score (nSPS) is 24.0. The molecule has 4 heterocycles. The SMILES string of the molecule is Fc1ccc(N2CCN([C@H]3CCCN(Cc4cnc(N5CCCC5)s4)C3)CC2)cc1. The molecule has 3 aliphatic rings. The summed E-state index contributed by atoms with van der Waals surface area (Å²) in [7, 11) is 0. The van der Waals surface area contributed by atoms with Crippen LogP contribution in [0.2, 0.25) is 0 Å². The van der Waals surface area contributed by atoms with Gasteiger partial charge in [-0.05, 0) is 56.5 Å². The number of benzene rings is 1. The third-order valence-electron chi connectivity index (χ3n) is 6.80. The number of halogens is 1. The van der Waals surface area contributed by atoms with Crippen LogP contribution in [-0.4, -0.2) is 73.2 Å². The number of thiazole rings is 1. The molecular weight excluding hydrogens is 397 g/mol. The highest BCUT2D eigenvalue weighted by Gasteiger charge is 2.28. The highest BCUT2D eigenvalue weighted by atomic mass is 32.1. The number of piperidine rings is 1. The Hall–Kier alpha value is -1.70. The summed E-state index contributed by atoms with van der Waals surface area (Å²) >= 11 is 1.89. The number of anilines is 2. The van der Waals surface area contributed by atoms with E-state index in [0.717, 1.165) is 45.0 Å². The van der Waals surface area contributed by atoms with Crippen LogP contribution in [0, 0.1) is 5.82 Å². The molecule has 0 radical (unpaired) electrons. The minimum absolute atomic E-state index is 0.159. The molecule has 162 valence electrons. The summed E-state index contributed by atoms with van der Waals surface area (Å²) in [6.07, 6.45) is 7.28. The summed E-state index contributed by atoms with van der Waals surface area (Å²) in [6.45, 7) is 9.97. The van der Waals surface area contributed by atoms with Gasteiger partial charge in [0, 0.05) is 75.2 Å². The zero-order chi connectivity index (χ0) is 20.3. The Morgan fingerprint density at radius 1 is 0.900 bits per heavy atom. The van der Waals surface area contributed by atoms with Gasteiger partial charge >= 0.3 is 0 Å². The molecular formula is C23H32FN5S. The molecule has 0 aliphatic carbocycles. The Bertz CT molecular complexity index is 811. The molecule has 3 aliphatic heterocycles. The van der Waals surface area contributed by atoms with Gasteiger partial charge < -0.3 is 9.80 Å². The Labute approximate surface area is 183 Å². The van der Waals surface area contributed by atoms with E-state index in [4.69, 9.17) is 4.98 Å².